The predicted octanol–water partition coefficient (Wildman–Crippen LogP) is 4.44. The summed E-state index contributed by atoms with van der Waals surface area (Å²) in [5, 5.41) is 10.7. The third-order valence-corrected chi connectivity index (χ3v) is 3.20. The number of nitro benzene ring substituents is 1. The standard InChI is InChI=1S/C16H16FNO3/c1-11(2)12-6-8-14(9-7-12)21-10-13-4-3-5-15(16(13)17)18(19)20/h3-9,11H,10H2,1-2H3. The lowest BCUT2D eigenvalue weighted by molar-refractivity contribution is -0.387. The van der Waals surface area contributed by atoms with E-state index in [0.29, 0.717) is 11.7 Å². The molecule has 0 fully saturated rings. The molecule has 0 unspecified atom stereocenters. The van der Waals surface area contributed by atoms with Crippen molar-refractivity contribution in [2.24, 2.45) is 0 Å². The van der Waals surface area contributed by atoms with Crippen LogP contribution in [-0.4, -0.2) is 4.92 Å². The summed E-state index contributed by atoms with van der Waals surface area (Å²) in [7, 11) is 0. The van der Waals surface area contributed by atoms with Gasteiger partial charge in [-0.15, -0.1) is 0 Å². The first kappa shape index (κ1) is 15.0. The van der Waals surface area contributed by atoms with Gasteiger partial charge in [-0.05, 0) is 23.6 Å². The lowest BCUT2D eigenvalue weighted by atomic mass is 10.0. The molecule has 0 bridgehead atoms. The number of ether oxygens (including phenoxy) is 1. The number of halogens is 1. The maximum absolute atomic E-state index is 13.9. The van der Waals surface area contributed by atoms with E-state index < -0.39 is 16.4 Å². The van der Waals surface area contributed by atoms with Gasteiger partial charge in [0.2, 0.25) is 5.82 Å². The van der Waals surface area contributed by atoms with E-state index in [1.54, 1.807) is 0 Å². The van der Waals surface area contributed by atoms with Crippen LogP contribution in [0, 0.1) is 15.9 Å². The smallest absolute Gasteiger partial charge is 0.305 e. The molecule has 0 saturated carbocycles. The molecule has 2 aromatic carbocycles. The second-order valence-electron chi connectivity index (χ2n) is 5.02. The van der Waals surface area contributed by atoms with Crippen molar-refractivity contribution >= 4 is 5.69 Å². The number of benzene rings is 2. The third kappa shape index (κ3) is 3.56. The van der Waals surface area contributed by atoms with Crippen molar-refractivity contribution in [2.45, 2.75) is 26.4 Å². The highest BCUT2D eigenvalue weighted by Crippen LogP contribution is 2.23. The molecule has 5 heteroatoms. The highest BCUT2D eigenvalue weighted by Gasteiger charge is 2.17. The fraction of sp³-hybridized carbons (Fsp3) is 0.250. The maximum atomic E-state index is 13.9. The molecule has 0 atom stereocenters. The Labute approximate surface area is 122 Å². The molecule has 0 aliphatic rings. The van der Waals surface area contributed by atoms with Gasteiger partial charge in [-0.25, -0.2) is 0 Å². The summed E-state index contributed by atoms with van der Waals surface area (Å²) in [6, 6.07) is 11.6. The average Bonchev–Trinajstić information content (AvgIpc) is 2.46. The molecule has 0 aliphatic carbocycles. The largest absolute Gasteiger partial charge is 0.489 e. The van der Waals surface area contributed by atoms with Crippen LogP contribution in [0.15, 0.2) is 42.5 Å². The quantitative estimate of drug-likeness (QED) is 0.604. The van der Waals surface area contributed by atoms with Crippen LogP contribution in [-0.2, 0) is 6.61 Å². The first-order chi connectivity index (χ1) is 9.99. The molecular formula is C16H16FNO3. The van der Waals surface area contributed by atoms with E-state index in [2.05, 4.69) is 13.8 Å². The minimum absolute atomic E-state index is 0.0471. The molecule has 0 aromatic heterocycles. The SMILES string of the molecule is CC(C)c1ccc(OCc2cccc([N+](=O)[O-])c2F)cc1. The van der Waals surface area contributed by atoms with Gasteiger partial charge in [-0.1, -0.05) is 38.1 Å². The zero-order valence-corrected chi connectivity index (χ0v) is 11.9. The molecule has 0 aliphatic heterocycles. The second-order valence-corrected chi connectivity index (χ2v) is 5.02. The summed E-state index contributed by atoms with van der Waals surface area (Å²) in [5.74, 6) is 0.180. The van der Waals surface area contributed by atoms with Gasteiger partial charge in [-0.2, -0.15) is 4.39 Å². The van der Waals surface area contributed by atoms with Crippen molar-refractivity contribution in [3.05, 3.63) is 69.5 Å². The van der Waals surface area contributed by atoms with Crippen LogP contribution >= 0.6 is 0 Å². The van der Waals surface area contributed by atoms with E-state index in [0.717, 1.165) is 6.07 Å². The zero-order valence-electron chi connectivity index (χ0n) is 11.9. The van der Waals surface area contributed by atoms with Crippen LogP contribution in [0.25, 0.3) is 0 Å². The number of nitro groups is 1. The molecule has 2 aromatic rings. The van der Waals surface area contributed by atoms with E-state index in [1.807, 2.05) is 24.3 Å². The molecule has 0 amide bonds. The topological polar surface area (TPSA) is 52.4 Å². The van der Waals surface area contributed by atoms with Gasteiger partial charge in [-0.3, -0.25) is 10.1 Å². The summed E-state index contributed by atoms with van der Waals surface area (Å²) in [4.78, 5) is 9.93. The lowest BCUT2D eigenvalue weighted by Crippen LogP contribution is -2.02. The van der Waals surface area contributed by atoms with Crippen molar-refractivity contribution in [3.63, 3.8) is 0 Å². The molecule has 0 radical (unpaired) electrons. The molecular weight excluding hydrogens is 273 g/mol. The molecule has 4 nitrogen and oxygen atoms in total. The summed E-state index contributed by atoms with van der Waals surface area (Å²) in [6.07, 6.45) is 0. The predicted molar refractivity (Wildman–Crippen MR) is 77.9 cm³/mol. The Morgan fingerprint density at radius 3 is 2.43 bits per heavy atom. The summed E-state index contributed by atoms with van der Waals surface area (Å²) < 4.78 is 19.4. The van der Waals surface area contributed by atoms with Crippen LogP contribution in [0.4, 0.5) is 10.1 Å². The Hall–Kier alpha value is -2.43. The van der Waals surface area contributed by atoms with E-state index >= 15 is 0 Å². The van der Waals surface area contributed by atoms with E-state index in [1.165, 1.54) is 17.7 Å². The second kappa shape index (κ2) is 6.35. The Morgan fingerprint density at radius 2 is 1.86 bits per heavy atom. The minimum atomic E-state index is -0.846. The van der Waals surface area contributed by atoms with Crippen molar-refractivity contribution in [3.8, 4) is 5.75 Å². The average molecular weight is 289 g/mol. The molecule has 21 heavy (non-hydrogen) atoms. The molecule has 2 rings (SSSR count). The molecule has 110 valence electrons. The summed E-state index contributed by atoms with van der Waals surface area (Å²) in [6.45, 7) is 4.14. The van der Waals surface area contributed by atoms with Crippen molar-refractivity contribution in [2.75, 3.05) is 0 Å². The fourth-order valence-corrected chi connectivity index (χ4v) is 1.93. The van der Waals surface area contributed by atoms with Gasteiger partial charge in [0.25, 0.3) is 0 Å². The third-order valence-electron chi connectivity index (χ3n) is 3.20. The first-order valence-electron chi connectivity index (χ1n) is 6.63. The van der Waals surface area contributed by atoms with Gasteiger partial charge in [0.15, 0.2) is 0 Å². The van der Waals surface area contributed by atoms with E-state index in [4.69, 9.17) is 4.74 Å². The Morgan fingerprint density at radius 1 is 1.19 bits per heavy atom. The summed E-state index contributed by atoms with van der Waals surface area (Å²) >= 11 is 0. The van der Waals surface area contributed by atoms with Gasteiger partial charge < -0.3 is 4.74 Å². The van der Waals surface area contributed by atoms with Crippen LogP contribution in [0.3, 0.4) is 0 Å². The zero-order chi connectivity index (χ0) is 15.4. The maximum Gasteiger partial charge on any atom is 0.305 e. The van der Waals surface area contributed by atoms with Crippen molar-refractivity contribution in [1.29, 1.82) is 0 Å². The molecule has 0 spiro atoms. The van der Waals surface area contributed by atoms with E-state index in [9.17, 15) is 14.5 Å². The van der Waals surface area contributed by atoms with Crippen LogP contribution < -0.4 is 4.74 Å². The van der Waals surface area contributed by atoms with Crippen molar-refractivity contribution < 1.29 is 14.1 Å². The first-order valence-corrected chi connectivity index (χ1v) is 6.63. The lowest BCUT2D eigenvalue weighted by Gasteiger charge is -2.09. The fourth-order valence-electron chi connectivity index (χ4n) is 1.93. The normalized spacial score (nSPS) is 10.7. The van der Waals surface area contributed by atoms with Crippen molar-refractivity contribution in [1.82, 2.24) is 0 Å². The Bertz CT molecular complexity index is 638. The van der Waals surface area contributed by atoms with Gasteiger partial charge >= 0.3 is 5.69 Å². The Kier molecular flexibility index (Phi) is 4.52. The van der Waals surface area contributed by atoms with Crippen LogP contribution in [0.2, 0.25) is 0 Å². The van der Waals surface area contributed by atoms with Gasteiger partial charge in [0, 0.05) is 11.6 Å². The number of hydrogen-bond donors (Lipinski definition) is 0. The van der Waals surface area contributed by atoms with Gasteiger partial charge in [0.05, 0.1) is 4.92 Å². The molecule has 0 heterocycles. The number of hydrogen-bond acceptors (Lipinski definition) is 3. The van der Waals surface area contributed by atoms with Crippen LogP contribution in [0.5, 0.6) is 5.75 Å². The molecule has 0 saturated heterocycles. The van der Waals surface area contributed by atoms with Crippen LogP contribution in [0.1, 0.15) is 30.9 Å². The Balaban J connectivity index is 2.09. The molecule has 0 N–H and O–H groups in total. The van der Waals surface area contributed by atoms with E-state index in [-0.39, 0.29) is 12.2 Å². The minimum Gasteiger partial charge on any atom is -0.489 e. The number of rotatable bonds is 5. The number of nitrogens with zero attached hydrogens (tertiary/aromatic N) is 1. The summed E-state index contributed by atoms with van der Waals surface area (Å²) in [5.41, 5.74) is 0.812. The monoisotopic (exact) mass is 289 g/mol. The highest BCUT2D eigenvalue weighted by atomic mass is 19.1. The van der Waals surface area contributed by atoms with Gasteiger partial charge in [0.1, 0.15) is 12.4 Å². The highest BCUT2D eigenvalue weighted by molar-refractivity contribution is 5.37.